The highest BCUT2D eigenvalue weighted by Gasteiger charge is 2.40. The van der Waals surface area contributed by atoms with Crippen LogP contribution < -0.4 is 11.1 Å². The minimum absolute atomic E-state index is 0.559. The number of anilines is 2. The molecular weight excluding hydrogens is 236 g/mol. The zero-order valence-corrected chi connectivity index (χ0v) is 11.5. The Bertz CT molecular complexity index is 509. The van der Waals surface area contributed by atoms with Gasteiger partial charge in [-0.1, -0.05) is 6.42 Å². The lowest BCUT2D eigenvalue weighted by molar-refractivity contribution is 0.438. The third-order valence-corrected chi connectivity index (χ3v) is 5.20. The minimum Gasteiger partial charge on any atom is -0.383 e. The summed E-state index contributed by atoms with van der Waals surface area (Å²) in [4.78, 5) is 9.18. The van der Waals surface area contributed by atoms with Gasteiger partial charge in [-0.2, -0.15) is 0 Å². The predicted octanol–water partition coefficient (Wildman–Crippen LogP) is 2.85. The molecule has 0 amide bonds. The number of rotatable bonds is 3. The lowest BCUT2D eigenvalue weighted by Crippen LogP contribution is -2.27. The number of nitrogen functional groups attached to an aromatic ring is 1. The van der Waals surface area contributed by atoms with Gasteiger partial charge in [-0.3, -0.25) is 0 Å². The third-order valence-electron chi connectivity index (χ3n) is 5.20. The van der Waals surface area contributed by atoms with Crippen molar-refractivity contribution in [2.75, 3.05) is 11.1 Å². The van der Waals surface area contributed by atoms with Gasteiger partial charge in [0.2, 0.25) is 0 Å². The van der Waals surface area contributed by atoms with Crippen molar-refractivity contribution in [1.29, 1.82) is 0 Å². The average Bonchev–Trinajstić information content (AvgIpc) is 3.05. The van der Waals surface area contributed by atoms with E-state index in [2.05, 4.69) is 10.3 Å². The van der Waals surface area contributed by atoms with Crippen molar-refractivity contribution in [2.45, 2.75) is 57.4 Å². The number of fused-ring (bicyclic) bond motifs is 2. The van der Waals surface area contributed by atoms with Gasteiger partial charge < -0.3 is 11.1 Å². The molecule has 2 bridgehead atoms. The van der Waals surface area contributed by atoms with Gasteiger partial charge >= 0.3 is 0 Å². The highest BCUT2D eigenvalue weighted by atomic mass is 15.1. The second-order valence-corrected chi connectivity index (χ2v) is 6.64. The van der Waals surface area contributed by atoms with Gasteiger partial charge in [0.05, 0.1) is 0 Å². The quantitative estimate of drug-likeness (QED) is 0.875. The smallest absolute Gasteiger partial charge is 0.136 e. The van der Waals surface area contributed by atoms with E-state index in [4.69, 9.17) is 10.7 Å². The first kappa shape index (κ1) is 11.5. The predicted molar refractivity (Wildman–Crippen MR) is 76.0 cm³/mol. The van der Waals surface area contributed by atoms with Crippen molar-refractivity contribution >= 4 is 11.6 Å². The third kappa shape index (κ3) is 1.97. The molecule has 3 aliphatic rings. The van der Waals surface area contributed by atoms with E-state index in [0.717, 1.165) is 29.0 Å². The van der Waals surface area contributed by atoms with Crippen LogP contribution in [-0.4, -0.2) is 16.0 Å². The van der Waals surface area contributed by atoms with Crippen LogP contribution >= 0.6 is 0 Å². The second-order valence-electron chi connectivity index (χ2n) is 6.64. The topological polar surface area (TPSA) is 63.8 Å². The van der Waals surface area contributed by atoms with Crippen molar-refractivity contribution in [3.8, 4) is 0 Å². The van der Waals surface area contributed by atoms with Crippen LogP contribution in [0, 0.1) is 18.8 Å². The van der Waals surface area contributed by atoms with Gasteiger partial charge in [-0.05, 0) is 50.9 Å². The summed E-state index contributed by atoms with van der Waals surface area (Å²) >= 11 is 0. The Kier molecular flexibility index (Phi) is 2.47. The molecule has 3 atom stereocenters. The van der Waals surface area contributed by atoms with E-state index in [1.54, 1.807) is 0 Å². The SMILES string of the molecule is Cc1c(N)nc(C2CC2)nc1NC1CC2CCC1C2. The Morgan fingerprint density at radius 3 is 2.58 bits per heavy atom. The zero-order valence-electron chi connectivity index (χ0n) is 11.5. The molecule has 0 aliphatic heterocycles. The monoisotopic (exact) mass is 258 g/mol. The number of hydrogen-bond acceptors (Lipinski definition) is 4. The van der Waals surface area contributed by atoms with E-state index in [1.165, 1.54) is 38.5 Å². The van der Waals surface area contributed by atoms with Gasteiger partial charge in [0, 0.05) is 17.5 Å². The second kappa shape index (κ2) is 4.09. The molecule has 1 aromatic rings. The van der Waals surface area contributed by atoms with Gasteiger partial charge in [-0.25, -0.2) is 9.97 Å². The van der Waals surface area contributed by atoms with Crippen LogP contribution in [0.15, 0.2) is 0 Å². The highest BCUT2D eigenvalue weighted by molar-refractivity contribution is 5.55. The maximum atomic E-state index is 6.05. The Labute approximate surface area is 114 Å². The summed E-state index contributed by atoms with van der Waals surface area (Å²) in [7, 11) is 0. The summed E-state index contributed by atoms with van der Waals surface area (Å²) in [6.07, 6.45) is 7.98. The highest BCUT2D eigenvalue weighted by Crippen LogP contribution is 2.46. The van der Waals surface area contributed by atoms with Gasteiger partial charge in [0.25, 0.3) is 0 Å². The van der Waals surface area contributed by atoms with E-state index in [0.29, 0.717) is 17.8 Å². The van der Waals surface area contributed by atoms with Crippen molar-refractivity contribution in [3.05, 3.63) is 11.4 Å². The standard InChI is InChI=1S/C15H22N4/c1-8-13(16)18-15(10-4-5-10)19-14(8)17-12-7-9-2-3-11(12)6-9/h9-12H,2-7H2,1H3,(H3,16,17,18,19). The van der Waals surface area contributed by atoms with Gasteiger partial charge in [-0.15, -0.1) is 0 Å². The number of hydrogen-bond donors (Lipinski definition) is 2. The zero-order chi connectivity index (χ0) is 13.0. The molecule has 3 fully saturated rings. The Balaban J connectivity index is 1.59. The average molecular weight is 258 g/mol. The summed E-state index contributed by atoms with van der Waals surface area (Å²) in [6, 6.07) is 0.610. The molecule has 0 spiro atoms. The van der Waals surface area contributed by atoms with Crippen molar-refractivity contribution in [2.24, 2.45) is 11.8 Å². The molecule has 4 rings (SSSR count). The number of nitrogens with two attached hydrogens (primary N) is 1. The fraction of sp³-hybridized carbons (Fsp3) is 0.733. The first-order valence-corrected chi connectivity index (χ1v) is 7.61. The van der Waals surface area contributed by atoms with Crippen LogP contribution in [0.2, 0.25) is 0 Å². The molecule has 1 heterocycles. The molecule has 4 nitrogen and oxygen atoms in total. The van der Waals surface area contributed by atoms with E-state index in [-0.39, 0.29) is 0 Å². The van der Waals surface area contributed by atoms with Crippen LogP contribution in [0.25, 0.3) is 0 Å². The van der Waals surface area contributed by atoms with Crippen LogP contribution in [-0.2, 0) is 0 Å². The molecule has 19 heavy (non-hydrogen) atoms. The molecule has 0 saturated heterocycles. The first-order valence-electron chi connectivity index (χ1n) is 7.61. The summed E-state index contributed by atoms with van der Waals surface area (Å²) in [6.45, 7) is 2.03. The fourth-order valence-corrected chi connectivity index (χ4v) is 3.81. The molecule has 4 heteroatoms. The van der Waals surface area contributed by atoms with Gasteiger partial charge in [0.15, 0.2) is 0 Å². The van der Waals surface area contributed by atoms with Crippen LogP contribution in [0.5, 0.6) is 0 Å². The molecule has 0 aromatic carbocycles. The summed E-state index contributed by atoms with van der Waals surface area (Å²) < 4.78 is 0. The van der Waals surface area contributed by atoms with E-state index < -0.39 is 0 Å². The van der Waals surface area contributed by atoms with Crippen molar-refractivity contribution in [1.82, 2.24) is 9.97 Å². The number of nitrogens with one attached hydrogen (secondary N) is 1. The lowest BCUT2D eigenvalue weighted by atomic mass is 9.95. The molecular formula is C15H22N4. The van der Waals surface area contributed by atoms with Crippen LogP contribution in [0.1, 0.15) is 55.8 Å². The summed E-state index contributed by atoms with van der Waals surface area (Å²) in [5, 5.41) is 3.67. The van der Waals surface area contributed by atoms with Crippen molar-refractivity contribution < 1.29 is 0 Å². The maximum absolute atomic E-state index is 6.05. The maximum Gasteiger partial charge on any atom is 0.136 e. The molecule has 3 N–H and O–H groups in total. The summed E-state index contributed by atoms with van der Waals surface area (Å²) in [5.41, 5.74) is 7.07. The van der Waals surface area contributed by atoms with E-state index in [1.807, 2.05) is 6.92 Å². The molecule has 1 aromatic heterocycles. The number of nitrogens with zero attached hydrogens (tertiary/aromatic N) is 2. The Morgan fingerprint density at radius 1 is 1.11 bits per heavy atom. The number of aromatic nitrogens is 2. The molecule has 102 valence electrons. The Hall–Kier alpha value is -1.32. The lowest BCUT2D eigenvalue weighted by Gasteiger charge is -2.24. The Morgan fingerprint density at radius 2 is 1.95 bits per heavy atom. The van der Waals surface area contributed by atoms with Crippen LogP contribution in [0.4, 0.5) is 11.6 Å². The summed E-state index contributed by atoms with van der Waals surface area (Å²) in [5.74, 6) is 4.96. The fourth-order valence-electron chi connectivity index (χ4n) is 3.81. The first-order chi connectivity index (χ1) is 9.20. The normalized spacial score (nSPS) is 32.8. The van der Waals surface area contributed by atoms with Crippen LogP contribution in [0.3, 0.4) is 0 Å². The van der Waals surface area contributed by atoms with E-state index >= 15 is 0 Å². The molecule has 0 radical (unpaired) electrons. The molecule has 3 aliphatic carbocycles. The minimum atomic E-state index is 0.559. The molecule has 3 unspecified atom stereocenters. The largest absolute Gasteiger partial charge is 0.383 e. The molecule has 3 saturated carbocycles. The van der Waals surface area contributed by atoms with Crippen molar-refractivity contribution in [3.63, 3.8) is 0 Å². The van der Waals surface area contributed by atoms with Gasteiger partial charge in [0.1, 0.15) is 17.5 Å². The van der Waals surface area contributed by atoms with E-state index in [9.17, 15) is 0 Å².